The number of fused-ring (bicyclic) bond motifs is 5. The van der Waals surface area contributed by atoms with E-state index in [9.17, 15) is 0 Å². The lowest BCUT2D eigenvalue weighted by Gasteiger charge is -2.10. The Morgan fingerprint density at radius 1 is 0.542 bits per heavy atom. The number of rotatable bonds is 1. The molecule has 0 atom stereocenters. The van der Waals surface area contributed by atoms with Crippen molar-refractivity contribution in [2.45, 2.75) is 6.92 Å². The molecule has 1 heterocycles. The van der Waals surface area contributed by atoms with Gasteiger partial charge < -0.3 is 4.57 Å². The van der Waals surface area contributed by atoms with Crippen LogP contribution in [0.15, 0.2) is 84.9 Å². The van der Waals surface area contributed by atoms with E-state index in [0.29, 0.717) is 0 Å². The average molecular weight is 307 g/mol. The van der Waals surface area contributed by atoms with E-state index >= 15 is 0 Å². The number of para-hydroxylation sites is 2. The molecule has 1 aromatic heterocycles. The lowest BCUT2D eigenvalue weighted by Crippen LogP contribution is -1.95. The standard InChI is InChI=1S/C23H17N/c1-16-8-7-13-20-21-15-14-17-9-5-6-12-19(17)23(21)24(22(16)20)18-10-3-2-4-11-18/h2-15H,1H3. The topological polar surface area (TPSA) is 4.93 Å². The lowest BCUT2D eigenvalue weighted by atomic mass is 10.1. The molecule has 0 saturated heterocycles. The monoisotopic (exact) mass is 307 g/mol. The highest BCUT2D eigenvalue weighted by molar-refractivity contribution is 6.19. The molecule has 0 fully saturated rings. The second-order valence-electron chi connectivity index (χ2n) is 6.32. The molecule has 0 N–H and O–H groups in total. The number of benzene rings is 4. The third-order valence-electron chi connectivity index (χ3n) is 4.89. The smallest absolute Gasteiger partial charge is 0.0619 e. The highest BCUT2D eigenvalue weighted by Gasteiger charge is 2.15. The summed E-state index contributed by atoms with van der Waals surface area (Å²) < 4.78 is 2.42. The van der Waals surface area contributed by atoms with Crippen LogP contribution in [0.2, 0.25) is 0 Å². The maximum atomic E-state index is 2.42. The zero-order chi connectivity index (χ0) is 16.1. The average Bonchev–Trinajstić information content (AvgIpc) is 2.99. The summed E-state index contributed by atoms with van der Waals surface area (Å²) in [7, 11) is 0. The summed E-state index contributed by atoms with van der Waals surface area (Å²) in [5, 5.41) is 5.22. The summed E-state index contributed by atoms with van der Waals surface area (Å²) in [5.41, 5.74) is 5.11. The third kappa shape index (κ3) is 1.75. The van der Waals surface area contributed by atoms with Crippen LogP contribution >= 0.6 is 0 Å². The maximum absolute atomic E-state index is 2.42. The van der Waals surface area contributed by atoms with E-state index in [1.54, 1.807) is 0 Å². The van der Waals surface area contributed by atoms with Gasteiger partial charge in [0.2, 0.25) is 0 Å². The molecule has 0 bridgehead atoms. The molecule has 114 valence electrons. The van der Waals surface area contributed by atoms with Gasteiger partial charge in [0.05, 0.1) is 11.0 Å². The fourth-order valence-corrected chi connectivity index (χ4v) is 3.83. The molecule has 5 aromatic rings. The van der Waals surface area contributed by atoms with Gasteiger partial charge in [-0.05, 0) is 30.0 Å². The molecule has 0 unspecified atom stereocenters. The molecule has 0 aliphatic heterocycles. The minimum Gasteiger partial charge on any atom is -0.308 e. The molecule has 0 amide bonds. The van der Waals surface area contributed by atoms with E-state index in [2.05, 4.69) is 96.4 Å². The van der Waals surface area contributed by atoms with Crippen LogP contribution in [0.3, 0.4) is 0 Å². The normalized spacial score (nSPS) is 11.5. The lowest BCUT2D eigenvalue weighted by molar-refractivity contribution is 1.17. The van der Waals surface area contributed by atoms with Gasteiger partial charge in [0.25, 0.3) is 0 Å². The molecule has 0 saturated carbocycles. The fourth-order valence-electron chi connectivity index (χ4n) is 3.83. The van der Waals surface area contributed by atoms with Crippen molar-refractivity contribution in [2.75, 3.05) is 0 Å². The van der Waals surface area contributed by atoms with Crippen LogP contribution in [0, 0.1) is 6.92 Å². The van der Waals surface area contributed by atoms with Crippen LogP contribution in [0.1, 0.15) is 5.56 Å². The van der Waals surface area contributed by atoms with Crippen molar-refractivity contribution < 1.29 is 0 Å². The zero-order valence-electron chi connectivity index (χ0n) is 13.5. The number of hydrogen-bond acceptors (Lipinski definition) is 0. The Labute approximate surface area is 140 Å². The second-order valence-corrected chi connectivity index (χ2v) is 6.32. The van der Waals surface area contributed by atoms with E-state index in [-0.39, 0.29) is 0 Å². The van der Waals surface area contributed by atoms with E-state index in [0.717, 1.165) is 0 Å². The molecule has 0 aliphatic rings. The number of aromatic nitrogens is 1. The summed E-state index contributed by atoms with van der Waals surface area (Å²) in [5.74, 6) is 0. The van der Waals surface area contributed by atoms with Gasteiger partial charge in [-0.3, -0.25) is 0 Å². The molecular weight excluding hydrogens is 290 g/mol. The Kier molecular flexibility index (Phi) is 2.77. The van der Waals surface area contributed by atoms with Crippen molar-refractivity contribution in [1.82, 2.24) is 4.57 Å². The van der Waals surface area contributed by atoms with Gasteiger partial charge in [-0.15, -0.1) is 0 Å². The number of aryl methyl sites for hydroxylation is 1. The van der Waals surface area contributed by atoms with Crippen LogP contribution in [0.5, 0.6) is 0 Å². The van der Waals surface area contributed by atoms with Crippen LogP contribution in [0.25, 0.3) is 38.3 Å². The number of nitrogens with zero attached hydrogens (tertiary/aromatic N) is 1. The first-order valence-electron chi connectivity index (χ1n) is 8.31. The van der Waals surface area contributed by atoms with Crippen molar-refractivity contribution >= 4 is 32.6 Å². The molecule has 0 aliphatic carbocycles. The summed E-state index contributed by atoms with van der Waals surface area (Å²) in [6.45, 7) is 2.20. The van der Waals surface area contributed by atoms with Crippen LogP contribution < -0.4 is 0 Å². The Hall–Kier alpha value is -3.06. The summed E-state index contributed by atoms with van der Waals surface area (Å²) in [6.07, 6.45) is 0. The molecule has 1 heteroatoms. The van der Waals surface area contributed by atoms with Crippen molar-refractivity contribution in [1.29, 1.82) is 0 Å². The highest BCUT2D eigenvalue weighted by atomic mass is 15.0. The minimum absolute atomic E-state index is 1.21. The number of hydrogen-bond donors (Lipinski definition) is 0. The van der Waals surface area contributed by atoms with E-state index in [1.165, 1.54) is 43.8 Å². The first kappa shape index (κ1) is 13.4. The largest absolute Gasteiger partial charge is 0.308 e. The van der Waals surface area contributed by atoms with Gasteiger partial charge in [-0.2, -0.15) is 0 Å². The van der Waals surface area contributed by atoms with E-state index in [4.69, 9.17) is 0 Å². The molecule has 0 radical (unpaired) electrons. The molecular formula is C23H17N. The second kappa shape index (κ2) is 4.97. The molecule has 5 rings (SSSR count). The summed E-state index contributed by atoms with van der Waals surface area (Å²) in [4.78, 5) is 0. The zero-order valence-corrected chi connectivity index (χ0v) is 13.5. The minimum atomic E-state index is 1.21. The Bertz CT molecular complexity index is 1200. The quantitative estimate of drug-likeness (QED) is 0.345. The van der Waals surface area contributed by atoms with Gasteiger partial charge in [0.1, 0.15) is 0 Å². The summed E-state index contributed by atoms with van der Waals surface area (Å²) in [6, 6.07) is 30.4. The third-order valence-corrected chi connectivity index (χ3v) is 4.89. The van der Waals surface area contributed by atoms with Crippen LogP contribution in [-0.4, -0.2) is 4.57 Å². The predicted molar refractivity (Wildman–Crippen MR) is 103 cm³/mol. The highest BCUT2D eigenvalue weighted by Crippen LogP contribution is 2.37. The van der Waals surface area contributed by atoms with Gasteiger partial charge >= 0.3 is 0 Å². The first-order chi connectivity index (χ1) is 11.8. The molecule has 24 heavy (non-hydrogen) atoms. The Morgan fingerprint density at radius 3 is 2.12 bits per heavy atom. The predicted octanol–water partition coefficient (Wildman–Crippen LogP) is 6.25. The van der Waals surface area contributed by atoms with Crippen molar-refractivity contribution in [2.24, 2.45) is 0 Å². The van der Waals surface area contributed by atoms with Crippen molar-refractivity contribution in [3.63, 3.8) is 0 Å². The van der Waals surface area contributed by atoms with Gasteiger partial charge in [0.15, 0.2) is 0 Å². The maximum Gasteiger partial charge on any atom is 0.0619 e. The fraction of sp³-hybridized carbons (Fsp3) is 0.0435. The van der Waals surface area contributed by atoms with Gasteiger partial charge in [-0.1, -0.05) is 72.8 Å². The van der Waals surface area contributed by atoms with Gasteiger partial charge in [-0.25, -0.2) is 0 Å². The molecule has 1 nitrogen and oxygen atoms in total. The van der Waals surface area contributed by atoms with Crippen LogP contribution in [-0.2, 0) is 0 Å². The van der Waals surface area contributed by atoms with Crippen molar-refractivity contribution in [3.05, 3.63) is 90.5 Å². The Morgan fingerprint density at radius 2 is 1.25 bits per heavy atom. The van der Waals surface area contributed by atoms with Gasteiger partial charge in [0, 0.05) is 21.8 Å². The van der Waals surface area contributed by atoms with Crippen LogP contribution in [0.4, 0.5) is 0 Å². The molecule has 4 aromatic carbocycles. The first-order valence-corrected chi connectivity index (χ1v) is 8.31. The van der Waals surface area contributed by atoms with Crippen molar-refractivity contribution in [3.8, 4) is 5.69 Å². The SMILES string of the molecule is Cc1cccc2c3ccc4ccccc4c3n(-c3ccccc3)c12. The molecule has 0 spiro atoms. The Balaban J connectivity index is 2.12. The summed E-state index contributed by atoms with van der Waals surface area (Å²) >= 11 is 0. The van der Waals surface area contributed by atoms with E-state index in [1.807, 2.05) is 0 Å². The van der Waals surface area contributed by atoms with E-state index < -0.39 is 0 Å².